The second kappa shape index (κ2) is 7.29. The monoisotopic (exact) mass is 446 g/mol. The molecule has 1 heterocycles. The fourth-order valence-electron chi connectivity index (χ4n) is 9.89. The molecule has 1 saturated heterocycles. The van der Waals surface area contributed by atoms with E-state index in [4.69, 9.17) is 9.47 Å². The first-order valence-corrected chi connectivity index (χ1v) is 12.8. The number of fused-ring (bicyclic) bond motifs is 7. The van der Waals surface area contributed by atoms with Crippen molar-refractivity contribution in [2.45, 2.75) is 92.0 Å². The molecule has 180 valence electrons. The molecule has 9 unspecified atom stereocenters. The number of hydrogen-bond donors (Lipinski definition) is 2. The van der Waals surface area contributed by atoms with Gasteiger partial charge in [-0.3, -0.25) is 4.79 Å². The molecule has 0 spiro atoms. The summed E-state index contributed by atoms with van der Waals surface area (Å²) in [6.07, 6.45) is 8.31. The lowest BCUT2D eigenvalue weighted by molar-refractivity contribution is -0.259. The summed E-state index contributed by atoms with van der Waals surface area (Å²) in [5.41, 5.74) is 0.921. The molecule has 0 aromatic heterocycles. The molecule has 2 N–H and O–H groups in total. The lowest BCUT2D eigenvalue weighted by Crippen LogP contribution is -2.68. The Hall–Kier alpha value is -0.910. The topological polar surface area (TPSA) is 76.0 Å². The molecule has 1 aliphatic heterocycles. The first kappa shape index (κ1) is 22.9. The maximum Gasteiger partial charge on any atom is 0.302 e. The van der Waals surface area contributed by atoms with Gasteiger partial charge in [-0.15, -0.1) is 0 Å². The Morgan fingerprint density at radius 3 is 2.59 bits per heavy atom. The van der Waals surface area contributed by atoms with Crippen molar-refractivity contribution >= 4 is 5.97 Å². The minimum Gasteiger partial charge on any atom is -0.465 e. The van der Waals surface area contributed by atoms with Crippen LogP contribution in [0.15, 0.2) is 11.6 Å². The fourth-order valence-corrected chi connectivity index (χ4v) is 9.89. The molecule has 0 bridgehead atoms. The molecule has 9 atom stereocenters. The van der Waals surface area contributed by atoms with Crippen LogP contribution in [0.3, 0.4) is 0 Å². The maximum absolute atomic E-state index is 11.9. The van der Waals surface area contributed by atoms with Crippen molar-refractivity contribution in [2.24, 2.45) is 45.3 Å². The van der Waals surface area contributed by atoms with Gasteiger partial charge in [0.05, 0.1) is 19.3 Å². The summed E-state index contributed by atoms with van der Waals surface area (Å²) in [4.78, 5) is 11.9. The molecule has 0 aromatic carbocycles. The molecular weight excluding hydrogens is 404 g/mol. The average molecular weight is 447 g/mol. The molecule has 3 saturated carbocycles. The van der Waals surface area contributed by atoms with Crippen LogP contribution in [-0.4, -0.2) is 41.8 Å². The SMILES string of the molecule is CC(=O)OCC12CCCC(C)(C)C1CCC1(C)C2CC(O)C2(C)C3C(=CCC12)COC3O. The first-order valence-electron chi connectivity index (χ1n) is 12.8. The summed E-state index contributed by atoms with van der Waals surface area (Å²) in [5.74, 6) is 0.738. The molecule has 0 radical (unpaired) electrons. The van der Waals surface area contributed by atoms with Gasteiger partial charge in [0, 0.05) is 23.7 Å². The van der Waals surface area contributed by atoms with Gasteiger partial charge in [-0.25, -0.2) is 0 Å². The highest BCUT2D eigenvalue weighted by molar-refractivity contribution is 5.66. The molecular formula is C27H42O5. The number of carbonyl (C=O) groups excluding carboxylic acids is 1. The van der Waals surface area contributed by atoms with Gasteiger partial charge >= 0.3 is 5.97 Å². The van der Waals surface area contributed by atoms with Crippen molar-refractivity contribution in [1.29, 1.82) is 0 Å². The molecule has 0 aromatic rings. The first-order chi connectivity index (χ1) is 15.0. The number of ether oxygens (including phenoxy) is 2. The van der Waals surface area contributed by atoms with Crippen LogP contribution in [0.25, 0.3) is 0 Å². The van der Waals surface area contributed by atoms with E-state index >= 15 is 0 Å². The number of aliphatic hydroxyl groups excluding tert-OH is 2. The lowest BCUT2D eigenvalue weighted by atomic mass is 9.34. The van der Waals surface area contributed by atoms with E-state index in [0.717, 1.165) is 32.1 Å². The standard InChI is InChI=1S/C27H42O5/c1-16(28)32-15-27-11-6-10-24(2,3)18(27)9-12-25(4)19-8-7-17-14-31-23(30)22(17)26(19,5)21(29)13-20(25)27/h7,18-23,29-30H,6,8-15H2,1-5H3. The predicted octanol–water partition coefficient (Wildman–Crippen LogP) is 4.46. The van der Waals surface area contributed by atoms with Crippen molar-refractivity contribution in [2.75, 3.05) is 13.2 Å². The third kappa shape index (κ3) is 2.89. The van der Waals surface area contributed by atoms with E-state index in [2.05, 4.69) is 33.8 Å². The Labute approximate surface area is 192 Å². The van der Waals surface area contributed by atoms with Crippen LogP contribution in [0, 0.1) is 45.3 Å². The van der Waals surface area contributed by atoms with Crippen molar-refractivity contribution < 1.29 is 24.5 Å². The van der Waals surface area contributed by atoms with Crippen molar-refractivity contribution in [1.82, 2.24) is 0 Å². The molecule has 32 heavy (non-hydrogen) atoms. The van der Waals surface area contributed by atoms with Gasteiger partial charge in [0.1, 0.15) is 0 Å². The van der Waals surface area contributed by atoms with E-state index in [1.54, 1.807) is 0 Å². The summed E-state index contributed by atoms with van der Waals surface area (Å²) in [6, 6.07) is 0. The Balaban J connectivity index is 1.60. The molecule has 0 amide bonds. The highest BCUT2D eigenvalue weighted by Crippen LogP contribution is 2.73. The molecule has 5 aliphatic rings. The minimum absolute atomic E-state index is 0.0301. The molecule has 5 nitrogen and oxygen atoms in total. The van der Waals surface area contributed by atoms with E-state index in [1.807, 2.05) is 0 Å². The largest absolute Gasteiger partial charge is 0.465 e. The van der Waals surface area contributed by atoms with Gasteiger partial charge in [-0.1, -0.05) is 40.2 Å². The van der Waals surface area contributed by atoms with Crippen molar-refractivity contribution in [3.8, 4) is 0 Å². The lowest BCUT2D eigenvalue weighted by Gasteiger charge is -2.70. The summed E-state index contributed by atoms with van der Waals surface area (Å²) in [7, 11) is 0. The number of aliphatic hydroxyl groups is 2. The number of allylic oxidation sites excluding steroid dienone is 1. The summed E-state index contributed by atoms with van der Waals surface area (Å²) in [5, 5.41) is 22.5. The van der Waals surface area contributed by atoms with Gasteiger partial charge < -0.3 is 19.7 Å². The second-order valence-electron chi connectivity index (χ2n) is 12.9. The van der Waals surface area contributed by atoms with Crippen LogP contribution in [-0.2, 0) is 14.3 Å². The van der Waals surface area contributed by atoms with E-state index in [1.165, 1.54) is 18.9 Å². The van der Waals surface area contributed by atoms with E-state index in [9.17, 15) is 15.0 Å². The van der Waals surface area contributed by atoms with Crippen LogP contribution in [0.2, 0.25) is 0 Å². The highest BCUT2D eigenvalue weighted by atomic mass is 16.6. The normalized spacial score (nSPS) is 51.5. The summed E-state index contributed by atoms with van der Waals surface area (Å²) in [6.45, 7) is 11.9. The van der Waals surface area contributed by atoms with Gasteiger partial charge in [0.15, 0.2) is 6.29 Å². The zero-order valence-electron chi connectivity index (χ0n) is 20.5. The van der Waals surface area contributed by atoms with E-state index in [-0.39, 0.29) is 34.1 Å². The molecule has 5 rings (SSSR count). The number of hydrogen-bond acceptors (Lipinski definition) is 5. The molecule has 4 fully saturated rings. The Kier molecular flexibility index (Phi) is 5.21. The van der Waals surface area contributed by atoms with Crippen LogP contribution in [0.1, 0.15) is 79.6 Å². The van der Waals surface area contributed by atoms with Crippen molar-refractivity contribution in [3.63, 3.8) is 0 Å². The number of rotatable bonds is 2. The Bertz CT molecular complexity index is 819. The van der Waals surface area contributed by atoms with Crippen LogP contribution < -0.4 is 0 Å². The second-order valence-corrected chi connectivity index (χ2v) is 12.9. The molecule has 4 aliphatic carbocycles. The summed E-state index contributed by atoms with van der Waals surface area (Å²) < 4.78 is 11.5. The zero-order valence-corrected chi connectivity index (χ0v) is 20.5. The smallest absolute Gasteiger partial charge is 0.302 e. The van der Waals surface area contributed by atoms with Gasteiger partial charge in [0.25, 0.3) is 0 Å². The third-order valence-electron chi connectivity index (χ3n) is 11.2. The zero-order chi connectivity index (χ0) is 23.1. The van der Waals surface area contributed by atoms with Crippen LogP contribution in [0.5, 0.6) is 0 Å². The summed E-state index contributed by atoms with van der Waals surface area (Å²) >= 11 is 0. The Morgan fingerprint density at radius 2 is 1.88 bits per heavy atom. The van der Waals surface area contributed by atoms with E-state index < -0.39 is 17.8 Å². The van der Waals surface area contributed by atoms with Gasteiger partial charge in [0.2, 0.25) is 0 Å². The van der Waals surface area contributed by atoms with Crippen LogP contribution in [0.4, 0.5) is 0 Å². The third-order valence-corrected chi connectivity index (χ3v) is 11.2. The average Bonchev–Trinajstić information content (AvgIpc) is 3.10. The maximum atomic E-state index is 11.9. The quantitative estimate of drug-likeness (QED) is 0.484. The predicted molar refractivity (Wildman–Crippen MR) is 121 cm³/mol. The number of carbonyl (C=O) groups is 1. The fraction of sp³-hybridized carbons (Fsp3) is 0.889. The highest BCUT2D eigenvalue weighted by Gasteiger charge is 2.70. The van der Waals surface area contributed by atoms with E-state index in [0.29, 0.717) is 31.5 Å². The number of esters is 1. The minimum atomic E-state index is -0.830. The van der Waals surface area contributed by atoms with Gasteiger partial charge in [-0.05, 0) is 72.7 Å². The molecule has 5 heteroatoms. The van der Waals surface area contributed by atoms with Crippen LogP contribution >= 0.6 is 0 Å². The van der Waals surface area contributed by atoms with Crippen molar-refractivity contribution in [3.05, 3.63) is 11.6 Å². The Morgan fingerprint density at radius 1 is 1.12 bits per heavy atom. The van der Waals surface area contributed by atoms with Gasteiger partial charge in [-0.2, -0.15) is 0 Å².